The third-order valence-corrected chi connectivity index (χ3v) is 7.69. The van der Waals surface area contributed by atoms with Crippen molar-refractivity contribution in [3.8, 4) is 0 Å². The summed E-state index contributed by atoms with van der Waals surface area (Å²) in [6, 6.07) is -1.24. The molecular formula is C22H40F2N2O6S. The summed E-state index contributed by atoms with van der Waals surface area (Å²) in [5.41, 5.74) is -0.756. The van der Waals surface area contributed by atoms with E-state index in [1.807, 2.05) is 18.7 Å². The van der Waals surface area contributed by atoms with Crippen molar-refractivity contribution in [1.29, 1.82) is 0 Å². The normalized spacial score (nSPS) is 34.6. The van der Waals surface area contributed by atoms with Crippen molar-refractivity contribution < 1.29 is 38.7 Å². The van der Waals surface area contributed by atoms with Crippen molar-refractivity contribution in [3.05, 3.63) is 0 Å². The fraction of sp³-hybridized carbons (Fsp3) is 0.955. The van der Waals surface area contributed by atoms with Gasteiger partial charge in [0.15, 0.2) is 0 Å². The van der Waals surface area contributed by atoms with Crippen LogP contribution in [0.3, 0.4) is 0 Å². The minimum absolute atomic E-state index is 0.0865. The minimum Gasteiger partial charge on any atom is -0.395 e. The molecule has 0 saturated carbocycles. The lowest BCUT2D eigenvalue weighted by atomic mass is 9.88. The first-order valence-electron chi connectivity index (χ1n) is 11.7. The Balaban J connectivity index is 2.11. The molecule has 2 rings (SSSR count). The zero-order valence-electron chi connectivity index (χ0n) is 19.9. The van der Waals surface area contributed by atoms with Gasteiger partial charge in [0.1, 0.15) is 29.9 Å². The van der Waals surface area contributed by atoms with Crippen molar-refractivity contribution in [2.45, 2.75) is 94.3 Å². The largest absolute Gasteiger partial charge is 0.395 e. The molecule has 0 aromatic heterocycles. The molecule has 33 heavy (non-hydrogen) atoms. The predicted octanol–water partition coefficient (Wildman–Crippen LogP) is 0.806. The summed E-state index contributed by atoms with van der Waals surface area (Å²) < 4.78 is 33.3. The smallest absolute Gasteiger partial charge is 0.247 e. The summed E-state index contributed by atoms with van der Waals surface area (Å²) >= 11 is 1.20. The van der Waals surface area contributed by atoms with Gasteiger partial charge >= 0.3 is 0 Å². The number of β-amino-alcohol motifs (C(OH)–C–C–N with tert-alkyl or cyclic N) is 1. The van der Waals surface area contributed by atoms with E-state index >= 15 is 0 Å². The maximum absolute atomic E-state index is 13.7. The highest BCUT2D eigenvalue weighted by atomic mass is 32.2. The molecule has 194 valence electrons. The number of alkyl halides is 2. The number of thioether (sulfide) groups is 1. The van der Waals surface area contributed by atoms with Crippen LogP contribution in [0.4, 0.5) is 8.78 Å². The Morgan fingerprint density at radius 2 is 1.91 bits per heavy atom. The van der Waals surface area contributed by atoms with Gasteiger partial charge in [0.05, 0.1) is 18.7 Å². The van der Waals surface area contributed by atoms with E-state index in [1.165, 1.54) is 18.7 Å². The molecule has 0 aromatic carbocycles. The monoisotopic (exact) mass is 498 g/mol. The first-order valence-corrected chi connectivity index (χ1v) is 13.0. The highest BCUT2D eigenvalue weighted by molar-refractivity contribution is 7.99. The number of carbonyl (C=O) groups excluding carboxylic acids is 1. The third-order valence-electron chi connectivity index (χ3n) is 6.84. The molecule has 2 saturated heterocycles. The number of rotatable bonds is 11. The van der Waals surface area contributed by atoms with E-state index < -0.39 is 47.9 Å². The number of hydrogen-bond donors (Lipinski definition) is 5. The number of hydrogen-bond acceptors (Lipinski definition) is 8. The van der Waals surface area contributed by atoms with E-state index in [0.29, 0.717) is 19.4 Å². The molecule has 0 aliphatic carbocycles. The van der Waals surface area contributed by atoms with Gasteiger partial charge in [-0.3, -0.25) is 9.69 Å². The zero-order valence-corrected chi connectivity index (χ0v) is 20.7. The number of nitrogens with zero attached hydrogens (tertiary/aromatic N) is 1. The predicted molar refractivity (Wildman–Crippen MR) is 122 cm³/mol. The topological polar surface area (TPSA) is 122 Å². The quantitative estimate of drug-likeness (QED) is 0.284. The number of aliphatic hydroxyl groups is 4. The highest BCUT2D eigenvalue weighted by Crippen LogP contribution is 2.33. The number of ether oxygens (including phenoxy) is 1. The second-order valence-corrected chi connectivity index (χ2v) is 10.5. The van der Waals surface area contributed by atoms with Gasteiger partial charge in [-0.1, -0.05) is 20.8 Å². The van der Waals surface area contributed by atoms with Crippen LogP contribution in [-0.2, 0) is 9.53 Å². The molecule has 8 nitrogen and oxygen atoms in total. The molecule has 8 atom stereocenters. The summed E-state index contributed by atoms with van der Waals surface area (Å²) in [6.07, 6.45) is -3.04. The molecule has 2 aliphatic rings. The molecule has 1 amide bonds. The van der Waals surface area contributed by atoms with Crippen LogP contribution in [0.15, 0.2) is 0 Å². The molecule has 0 bridgehead atoms. The van der Waals surface area contributed by atoms with E-state index in [2.05, 4.69) is 5.32 Å². The molecule has 5 N–H and O–H groups in total. The van der Waals surface area contributed by atoms with Crippen molar-refractivity contribution in [1.82, 2.24) is 10.2 Å². The SMILES string of the molecule is CCC(F)(F)CCC1CC(C(=O)NC(C(C)C)C2OC(SC)C(O)C(O)C2O)N(CCO)C1. The Kier molecular flexibility index (Phi) is 10.8. The number of halogens is 2. The third kappa shape index (κ3) is 7.22. The number of nitrogens with one attached hydrogen (secondary N) is 1. The Hall–Kier alpha value is -0.560. The minimum atomic E-state index is -2.72. The van der Waals surface area contributed by atoms with E-state index in [-0.39, 0.29) is 43.7 Å². The summed E-state index contributed by atoms with van der Waals surface area (Å²) in [4.78, 5) is 15.1. The van der Waals surface area contributed by atoms with E-state index in [1.54, 1.807) is 6.26 Å². The van der Waals surface area contributed by atoms with Crippen LogP contribution in [0.25, 0.3) is 0 Å². The molecule has 2 aliphatic heterocycles. The lowest BCUT2D eigenvalue weighted by molar-refractivity contribution is -0.208. The maximum Gasteiger partial charge on any atom is 0.247 e. The number of carbonyl (C=O) groups is 1. The number of aliphatic hydroxyl groups excluding tert-OH is 4. The van der Waals surface area contributed by atoms with Crippen LogP contribution in [0.2, 0.25) is 0 Å². The molecule has 0 aromatic rings. The van der Waals surface area contributed by atoms with E-state index in [9.17, 15) is 34.0 Å². The molecule has 8 unspecified atom stereocenters. The Morgan fingerprint density at radius 1 is 1.24 bits per heavy atom. The van der Waals surface area contributed by atoms with Crippen molar-refractivity contribution in [2.24, 2.45) is 11.8 Å². The fourth-order valence-corrected chi connectivity index (χ4v) is 5.38. The second-order valence-electron chi connectivity index (χ2n) is 9.54. The maximum atomic E-state index is 13.7. The fourth-order valence-electron chi connectivity index (χ4n) is 4.70. The van der Waals surface area contributed by atoms with Crippen molar-refractivity contribution in [2.75, 3.05) is 26.0 Å². The van der Waals surface area contributed by atoms with Gasteiger partial charge in [0, 0.05) is 25.9 Å². The highest BCUT2D eigenvalue weighted by Gasteiger charge is 2.48. The van der Waals surface area contributed by atoms with Gasteiger partial charge < -0.3 is 30.5 Å². The zero-order chi connectivity index (χ0) is 24.9. The van der Waals surface area contributed by atoms with Crippen LogP contribution in [0.5, 0.6) is 0 Å². The molecule has 0 radical (unpaired) electrons. The Bertz CT molecular complexity index is 630. The lowest BCUT2D eigenvalue weighted by Crippen LogP contribution is -2.64. The van der Waals surface area contributed by atoms with Crippen LogP contribution in [0, 0.1) is 11.8 Å². The Labute approximate surface area is 199 Å². The Morgan fingerprint density at radius 3 is 2.45 bits per heavy atom. The van der Waals surface area contributed by atoms with E-state index in [0.717, 1.165) is 0 Å². The van der Waals surface area contributed by atoms with Gasteiger partial charge in [0.25, 0.3) is 0 Å². The lowest BCUT2D eigenvalue weighted by Gasteiger charge is -2.44. The van der Waals surface area contributed by atoms with Gasteiger partial charge in [0.2, 0.25) is 11.8 Å². The van der Waals surface area contributed by atoms with Crippen LogP contribution in [-0.4, -0.2) is 105 Å². The van der Waals surface area contributed by atoms with Crippen LogP contribution < -0.4 is 5.32 Å². The van der Waals surface area contributed by atoms with Gasteiger partial charge in [-0.15, -0.1) is 11.8 Å². The standard InChI is InChI=1S/C22H40F2N2O6S/c1-5-22(23,24)7-6-13-10-14(26(11-13)8-9-27)20(31)25-15(12(2)3)19-17(29)16(28)18(30)21(32-19)33-4/h12-19,21,27-30H,5-11H2,1-4H3,(H,25,31). The van der Waals surface area contributed by atoms with Crippen LogP contribution >= 0.6 is 11.8 Å². The summed E-state index contributed by atoms with van der Waals surface area (Å²) in [5.74, 6) is -3.30. The van der Waals surface area contributed by atoms with Crippen molar-refractivity contribution in [3.63, 3.8) is 0 Å². The molecule has 11 heteroatoms. The average Bonchev–Trinajstić information content (AvgIpc) is 3.18. The molecule has 0 spiro atoms. The second kappa shape index (κ2) is 12.4. The summed E-state index contributed by atoms with van der Waals surface area (Å²) in [6.45, 7) is 5.71. The van der Waals surface area contributed by atoms with Gasteiger partial charge in [-0.25, -0.2) is 8.78 Å². The first kappa shape index (κ1) is 28.7. The average molecular weight is 499 g/mol. The number of likely N-dealkylation sites (tertiary alicyclic amines) is 1. The molecular weight excluding hydrogens is 458 g/mol. The van der Waals surface area contributed by atoms with Crippen LogP contribution in [0.1, 0.15) is 46.5 Å². The molecule has 2 heterocycles. The molecule has 2 fully saturated rings. The summed E-state index contributed by atoms with van der Waals surface area (Å²) in [5, 5.41) is 43.3. The number of amides is 1. The van der Waals surface area contributed by atoms with Gasteiger partial charge in [-0.2, -0.15) is 0 Å². The van der Waals surface area contributed by atoms with Gasteiger partial charge in [-0.05, 0) is 30.9 Å². The first-order chi connectivity index (χ1) is 15.4. The summed E-state index contributed by atoms with van der Waals surface area (Å²) in [7, 11) is 0. The van der Waals surface area contributed by atoms with Crippen molar-refractivity contribution >= 4 is 17.7 Å². The van der Waals surface area contributed by atoms with E-state index in [4.69, 9.17) is 4.74 Å².